The molecule has 2 nitrogen and oxygen atoms in total. The van der Waals surface area contributed by atoms with Crippen molar-refractivity contribution in [2.45, 2.75) is 13.2 Å². The lowest BCUT2D eigenvalue weighted by atomic mass is 10.2. The first kappa shape index (κ1) is 14.3. The molecule has 0 aliphatic rings. The van der Waals surface area contributed by atoms with E-state index < -0.39 is 5.82 Å². The average Bonchev–Trinajstić information content (AvgIpc) is 2.40. The molecule has 19 heavy (non-hydrogen) atoms. The van der Waals surface area contributed by atoms with Crippen molar-refractivity contribution in [1.29, 1.82) is 0 Å². The number of halogens is 3. The molecule has 0 unspecified atom stereocenters. The molecule has 1 N–H and O–H groups in total. The Morgan fingerprint density at radius 1 is 1.26 bits per heavy atom. The first-order chi connectivity index (χ1) is 9.11. The zero-order valence-electron chi connectivity index (χ0n) is 9.87. The average molecular weight is 346 g/mol. The fourth-order valence-corrected chi connectivity index (χ4v) is 2.18. The van der Waals surface area contributed by atoms with Gasteiger partial charge in [-0.2, -0.15) is 0 Å². The summed E-state index contributed by atoms with van der Waals surface area (Å²) in [6, 6.07) is 9.70. The van der Waals surface area contributed by atoms with E-state index >= 15 is 0 Å². The summed E-state index contributed by atoms with van der Waals surface area (Å²) >= 11 is 9.23. The number of rotatable bonds is 4. The maximum atomic E-state index is 13.6. The number of benzene rings is 2. The van der Waals surface area contributed by atoms with E-state index in [1.807, 2.05) is 0 Å². The van der Waals surface area contributed by atoms with E-state index in [1.54, 1.807) is 30.3 Å². The third kappa shape index (κ3) is 3.47. The van der Waals surface area contributed by atoms with Gasteiger partial charge in [0.15, 0.2) is 0 Å². The highest BCUT2D eigenvalue weighted by Gasteiger charge is 2.08. The minimum atomic E-state index is -0.396. The third-order valence-corrected chi connectivity index (χ3v) is 3.76. The van der Waals surface area contributed by atoms with E-state index in [0.29, 0.717) is 21.9 Å². The number of aliphatic hydroxyl groups is 1. The monoisotopic (exact) mass is 344 g/mol. The molecule has 0 amide bonds. The third-order valence-electron chi connectivity index (χ3n) is 2.63. The van der Waals surface area contributed by atoms with E-state index in [1.165, 1.54) is 6.07 Å². The molecule has 0 saturated heterocycles. The number of ether oxygens (including phenoxy) is 1. The summed E-state index contributed by atoms with van der Waals surface area (Å²) < 4.78 is 19.8. The van der Waals surface area contributed by atoms with E-state index in [0.717, 1.165) is 4.47 Å². The van der Waals surface area contributed by atoms with Gasteiger partial charge in [-0.15, -0.1) is 0 Å². The molecule has 0 aliphatic heterocycles. The summed E-state index contributed by atoms with van der Waals surface area (Å²) in [7, 11) is 0. The van der Waals surface area contributed by atoms with Gasteiger partial charge in [0.05, 0.1) is 11.6 Å². The normalized spacial score (nSPS) is 10.5. The molecule has 0 heterocycles. The second-order valence-electron chi connectivity index (χ2n) is 3.90. The van der Waals surface area contributed by atoms with Crippen LogP contribution in [0.25, 0.3) is 0 Å². The Kier molecular flexibility index (Phi) is 4.80. The second-order valence-corrected chi connectivity index (χ2v) is 5.16. The first-order valence-corrected chi connectivity index (χ1v) is 6.74. The summed E-state index contributed by atoms with van der Waals surface area (Å²) in [5.41, 5.74) is 1.02. The summed E-state index contributed by atoms with van der Waals surface area (Å²) in [6.45, 7) is -0.0593. The fourth-order valence-electron chi connectivity index (χ4n) is 1.59. The lowest BCUT2D eigenvalue weighted by molar-refractivity contribution is 0.276. The summed E-state index contributed by atoms with van der Waals surface area (Å²) in [6.07, 6.45) is 0. The van der Waals surface area contributed by atoms with Gasteiger partial charge in [0, 0.05) is 10.0 Å². The topological polar surface area (TPSA) is 29.5 Å². The van der Waals surface area contributed by atoms with Gasteiger partial charge in [0.1, 0.15) is 18.2 Å². The molecule has 0 aliphatic carbocycles. The van der Waals surface area contributed by atoms with Gasteiger partial charge in [-0.3, -0.25) is 0 Å². The molecule has 0 atom stereocenters. The predicted molar refractivity (Wildman–Crippen MR) is 75.8 cm³/mol. The van der Waals surface area contributed by atoms with Crippen molar-refractivity contribution in [3.63, 3.8) is 0 Å². The highest BCUT2D eigenvalue weighted by Crippen LogP contribution is 2.25. The molecular weight excluding hydrogens is 335 g/mol. The summed E-state index contributed by atoms with van der Waals surface area (Å²) in [4.78, 5) is 0. The van der Waals surface area contributed by atoms with Gasteiger partial charge in [-0.05, 0) is 35.9 Å². The van der Waals surface area contributed by atoms with Crippen LogP contribution in [0.4, 0.5) is 4.39 Å². The summed E-state index contributed by atoms with van der Waals surface area (Å²) in [5, 5.41) is 9.48. The molecule has 0 radical (unpaired) electrons. The zero-order chi connectivity index (χ0) is 13.8. The number of aliphatic hydroxyl groups excluding tert-OH is 1. The molecule has 2 aromatic rings. The van der Waals surface area contributed by atoms with Gasteiger partial charge in [0.2, 0.25) is 0 Å². The van der Waals surface area contributed by atoms with Gasteiger partial charge < -0.3 is 9.84 Å². The van der Waals surface area contributed by atoms with Crippen LogP contribution in [0.2, 0.25) is 5.02 Å². The van der Waals surface area contributed by atoms with Gasteiger partial charge >= 0.3 is 0 Å². The molecule has 0 spiro atoms. The van der Waals surface area contributed by atoms with Crippen LogP contribution in [0.3, 0.4) is 0 Å². The smallest absolute Gasteiger partial charge is 0.131 e. The lowest BCUT2D eigenvalue weighted by Gasteiger charge is -2.10. The van der Waals surface area contributed by atoms with Crippen molar-refractivity contribution < 1.29 is 14.2 Å². The van der Waals surface area contributed by atoms with Crippen LogP contribution in [0.1, 0.15) is 11.1 Å². The van der Waals surface area contributed by atoms with Gasteiger partial charge in [0.25, 0.3) is 0 Å². The maximum Gasteiger partial charge on any atom is 0.131 e. The molecule has 0 bridgehead atoms. The van der Waals surface area contributed by atoms with Crippen LogP contribution in [0.5, 0.6) is 5.75 Å². The quantitative estimate of drug-likeness (QED) is 0.894. The molecule has 0 saturated carbocycles. The second kappa shape index (κ2) is 6.37. The Bertz CT molecular complexity index is 569. The molecular formula is C14H11BrClFO2. The van der Waals surface area contributed by atoms with E-state index in [4.69, 9.17) is 21.4 Å². The van der Waals surface area contributed by atoms with Crippen molar-refractivity contribution >= 4 is 27.5 Å². The van der Waals surface area contributed by atoms with Crippen LogP contribution >= 0.6 is 27.5 Å². The van der Waals surface area contributed by atoms with Crippen molar-refractivity contribution in [1.82, 2.24) is 0 Å². The predicted octanol–water partition coefficient (Wildman–Crippen LogP) is 4.31. The highest BCUT2D eigenvalue weighted by atomic mass is 79.9. The number of hydrogen-bond acceptors (Lipinski definition) is 2. The molecule has 2 rings (SSSR count). The molecule has 0 fully saturated rings. The van der Waals surface area contributed by atoms with E-state index in [9.17, 15) is 4.39 Å². The minimum absolute atomic E-state index is 0.0397. The molecule has 5 heteroatoms. The van der Waals surface area contributed by atoms with E-state index in [-0.39, 0.29) is 13.2 Å². The van der Waals surface area contributed by atoms with Crippen LogP contribution in [0.15, 0.2) is 40.9 Å². The zero-order valence-corrected chi connectivity index (χ0v) is 12.2. The number of hydrogen-bond donors (Lipinski definition) is 1. The molecule has 100 valence electrons. The SMILES string of the molecule is OCc1cc(OCc2c(F)cccc2Cl)ccc1Br. The van der Waals surface area contributed by atoms with Crippen LogP contribution in [-0.2, 0) is 13.2 Å². The van der Waals surface area contributed by atoms with Crippen molar-refractivity contribution in [3.8, 4) is 5.75 Å². The van der Waals surface area contributed by atoms with E-state index in [2.05, 4.69) is 15.9 Å². The fraction of sp³-hybridized carbons (Fsp3) is 0.143. The molecule has 0 aromatic heterocycles. The standard InChI is InChI=1S/C14H11BrClFO2/c15-12-5-4-10(6-9(12)7-18)19-8-11-13(16)2-1-3-14(11)17/h1-6,18H,7-8H2. The highest BCUT2D eigenvalue weighted by molar-refractivity contribution is 9.10. The van der Waals surface area contributed by atoms with Crippen molar-refractivity contribution in [2.75, 3.05) is 0 Å². The van der Waals surface area contributed by atoms with Crippen molar-refractivity contribution in [3.05, 3.63) is 62.8 Å². The Morgan fingerprint density at radius 3 is 2.74 bits per heavy atom. The Morgan fingerprint density at radius 2 is 2.05 bits per heavy atom. The Balaban J connectivity index is 2.15. The Labute approximate surface area is 123 Å². The largest absolute Gasteiger partial charge is 0.489 e. The minimum Gasteiger partial charge on any atom is -0.489 e. The first-order valence-electron chi connectivity index (χ1n) is 5.57. The maximum absolute atomic E-state index is 13.6. The van der Waals surface area contributed by atoms with Crippen LogP contribution < -0.4 is 4.74 Å². The van der Waals surface area contributed by atoms with Crippen molar-refractivity contribution in [2.24, 2.45) is 0 Å². The lowest BCUT2D eigenvalue weighted by Crippen LogP contribution is -2.00. The molecule has 2 aromatic carbocycles. The van der Waals surface area contributed by atoms with Crippen LogP contribution in [0, 0.1) is 5.82 Å². The summed E-state index contributed by atoms with van der Waals surface area (Å²) in [5.74, 6) is 0.151. The van der Waals surface area contributed by atoms with Gasteiger partial charge in [-0.25, -0.2) is 4.39 Å². The van der Waals surface area contributed by atoms with Gasteiger partial charge in [-0.1, -0.05) is 33.6 Å². The van der Waals surface area contributed by atoms with Crippen LogP contribution in [-0.4, -0.2) is 5.11 Å². The Hall–Kier alpha value is -1.10.